The Hall–Kier alpha value is -2.02. The van der Waals surface area contributed by atoms with Crippen LogP contribution >= 0.6 is 12.2 Å². The fourth-order valence-corrected chi connectivity index (χ4v) is 1.53. The SMILES string of the molecule is CCCNC(=O)CCNC(=O)c1ccc(C(N)=S)cn1. The van der Waals surface area contributed by atoms with Gasteiger partial charge in [-0.3, -0.25) is 14.6 Å². The van der Waals surface area contributed by atoms with Gasteiger partial charge in [-0.15, -0.1) is 0 Å². The summed E-state index contributed by atoms with van der Waals surface area (Å²) in [5.41, 5.74) is 6.31. The molecule has 0 fully saturated rings. The Morgan fingerprint density at radius 1 is 1.30 bits per heavy atom. The largest absolute Gasteiger partial charge is 0.389 e. The highest BCUT2D eigenvalue weighted by Gasteiger charge is 2.08. The quantitative estimate of drug-likeness (QED) is 0.631. The topological polar surface area (TPSA) is 97.1 Å². The van der Waals surface area contributed by atoms with Gasteiger partial charge in [-0.05, 0) is 18.6 Å². The Morgan fingerprint density at radius 3 is 2.60 bits per heavy atom. The summed E-state index contributed by atoms with van der Waals surface area (Å²) in [7, 11) is 0. The molecule has 0 spiro atoms. The molecule has 0 bridgehead atoms. The first-order valence-corrected chi connectivity index (χ1v) is 6.76. The lowest BCUT2D eigenvalue weighted by Gasteiger charge is -2.06. The van der Waals surface area contributed by atoms with Gasteiger partial charge >= 0.3 is 0 Å². The Kier molecular flexibility index (Phi) is 6.58. The number of rotatable bonds is 7. The number of thiocarbonyl (C=S) groups is 1. The number of pyridine rings is 1. The number of amides is 2. The minimum Gasteiger partial charge on any atom is -0.389 e. The monoisotopic (exact) mass is 294 g/mol. The zero-order valence-corrected chi connectivity index (χ0v) is 12.1. The van der Waals surface area contributed by atoms with E-state index in [9.17, 15) is 9.59 Å². The van der Waals surface area contributed by atoms with Crippen molar-refractivity contribution in [2.45, 2.75) is 19.8 Å². The van der Waals surface area contributed by atoms with E-state index in [2.05, 4.69) is 15.6 Å². The highest BCUT2D eigenvalue weighted by Crippen LogP contribution is 2.00. The number of aromatic nitrogens is 1. The molecule has 7 heteroatoms. The van der Waals surface area contributed by atoms with Gasteiger partial charge in [-0.1, -0.05) is 19.1 Å². The molecular weight excluding hydrogens is 276 g/mol. The van der Waals surface area contributed by atoms with Crippen molar-refractivity contribution < 1.29 is 9.59 Å². The first-order chi connectivity index (χ1) is 9.54. The molecule has 0 aromatic carbocycles. The van der Waals surface area contributed by atoms with Gasteiger partial charge in [0.25, 0.3) is 5.91 Å². The predicted octanol–water partition coefficient (Wildman–Crippen LogP) is 0.362. The maximum atomic E-state index is 11.8. The standard InChI is InChI=1S/C13H18N4O2S/c1-2-6-15-11(18)5-7-16-13(19)10-4-3-9(8-17-10)12(14)20/h3-4,8H,2,5-7H2,1H3,(H2,14,20)(H,15,18)(H,16,19). The van der Waals surface area contributed by atoms with Crippen LogP contribution in [-0.4, -0.2) is 34.9 Å². The lowest BCUT2D eigenvalue weighted by molar-refractivity contribution is -0.120. The number of hydrogen-bond acceptors (Lipinski definition) is 4. The molecule has 0 unspecified atom stereocenters. The maximum absolute atomic E-state index is 11.8. The van der Waals surface area contributed by atoms with Crippen molar-refractivity contribution >= 4 is 29.0 Å². The Bertz CT molecular complexity index is 488. The summed E-state index contributed by atoms with van der Waals surface area (Å²) in [5.74, 6) is -0.410. The summed E-state index contributed by atoms with van der Waals surface area (Å²) in [4.78, 5) is 27.3. The average Bonchev–Trinajstić information content (AvgIpc) is 2.45. The molecule has 6 nitrogen and oxygen atoms in total. The molecule has 0 atom stereocenters. The molecule has 0 saturated carbocycles. The van der Waals surface area contributed by atoms with E-state index in [0.29, 0.717) is 12.1 Å². The van der Waals surface area contributed by atoms with Gasteiger partial charge in [-0.25, -0.2) is 0 Å². The molecule has 0 aliphatic heterocycles. The summed E-state index contributed by atoms with van der Waals surface area (Å²) in [5, 5.41) is 5.36. The van der Waals surface area contributed by atoms with Gasteiger partial charge < -0.3 is 16.4 Å². The smallest absolute Gasteiger partial charge is 0.269 e. The molecule has 2 amide bonds. The van der Waals surface area contributed by atoms with E-state index in [1.807, 2.05) is 6.92 Å². The van der Waals surface area contributed by atoms with Crippen LogP contribution in [0.3, 0.4) is 0 Å². The predicted molar refractivity (Wildman–Crippen MR) is 80.4 cm³/mol. The molecule has 108 valence electrons. The average molecular weight is 294 g/mol. The van der Waals surface area contributed by atoms with Gasteiger partial charge in [0, 0.05) is 31.3 Å². The van der Waals surface area contributed by atoms with Crippen molar-refractivity contribution in [1.29, 1.82) is 0 Å². The van der Waals surface area contributed by atoms with Crippen molar-refractivity contribution in [2.75, 3.05) is 13.1 Å². The van der Waals surface area contributed by atoms with Crippen molar-refractivity contribution in [3.8, 4) is 0 Å². The molecule has 1 aromatic rings. The second-order valence-corrected chi connectivity index (χ2v) is 4.59. The third kappa shape index (κ3) is 5.31. The van der Waals surface area contributed by atoms with E-state index in [1.165, 1.54) is 6.20 Å². The highest BCUT2D eigenvalue weighted by atomic mass is 32.1. The minimum atomic E-state index is -0.331. The summed E-state index contributed by atoms with van der Waals surface area (Å²) >= 11 is 4.80. The molecule has 0 saturated heterocycles. The van der Waals surface area contributed by atoms with Gasteiger partial charge in [0.05, 0.1) is 0 Å². The van der Waals surface area contributed by atoms with Crippen LogP contribution in [0.5, 0.6) is 0 Å². The van der Waals surface area contributed by atoms with Gasteiger partial charge in [0.15, 0.2) is 0 Å². The normalized spacial score (nSPS) is 9.85. The van der Waals surface area contributed by atoms with Gasteiger partial charge in [0.1, 0.15) is 10.7 Å². The fraction of sp³-hybridized carbons (Fsp3) is 0.385. The summed E-state index contributed by atoms with van der Waals surface area (Å²) in [6, 6.07) is 3.18. The minimum absolute atomic E-state index is 0.0797. The van der Waals surface area contributed by atoms with E-state index in [-0.39, 0.29) is 35.5 Å². The Morgan fingerprint density at radius 2 is 2.05 bits per heavy atom. The summed E-state index contributed by atoms with van der Waals surface area (Å²) in [6.45, 7) is 2.90. The highest BCUT2D eigenvalue weighted by molar-refractivity contribution is 7.80. The molecule has 1 heterocycles. The second-order valence-electron chi connectivity index (χ2n) is 4.15. The van der Waals surface area contributed by atoms with Crippen LogP contribution in [0.15, 0.2) is 18.3 Å². The second kappa shape index (κ2) is 8.21. The van der Waals surface area contributed by atoms with Crippen LogP contribution in [0.2, 0.25) is 0 Å². The Labute approximate surface area is 123 Å². The molecule has 20 heavy (non-hydrogen) atoms. The van der Waals surface area contributed by atoms with Crippen molar-refractivity contribution in [3.05, 3.63) is 29.6 Å². The number of carbonyl (C=O) groups excluding carboxylic acids is 2. The van der Waals surface area contributed by atoms with E-state index >= 15 is 0 Å². The van der Waals surface area contributed by atoms with Crippen LogP contribution in [-0.2, 0) is 4.79 Å². The molecule has 1 rings (SSSR count). The third-order valence-corrected chi connectivity index (χ3v) is 2.73. The lowest BCUT2D eigenvalue weighted by Crippen LogP contribution is -2.31. The maximum Gasteiger partial charge on any atom is 0.269 e. The molecule has 0 radical (unpaired) electrons. The van der Waals surface area contributed by atoms with E-state index < -0.39 is 0 Å². The molecule has 4 N–H and O–H groups in total. The van der Waals surface area contributed by atoms with Crippen LogP contribution in [0.1, 0.15) is 35.8 Å². The van der Waals surface area contributed by atoms with Gasteiger partial charge in [-0.2, -0.15) is 0 Å². The van der Waals surface area contributed by atoms with E-state index in [0.717, 1.165) is 6.42 Å². The molecular formula is C13H18N4O2S. The number of nitrogens with two attached hydrogens (primary N) is 1. The first-order valence-electron chi connectivity index (χ1n) is 6.35. The number of hydrogen-bond donors (Lipinski definition) is 3. The number of nitrogens with one attached hydrogen (secondary N) is 2. The first kappa shape index (κ1) is 16.0. The molecule has 0 aliphatic rings. The van der Waals surface area contributed by atoms with Crippen LogP contribution in [0, 0.1) is 0 Å². The van der Waals surface area contributed by atoms with Crippen LogP contribution in [0.25, 0.3) is 0 Å². The van der Waals surface area contributed by atoms with Crippen molar-refractivity contribution in [1.82, 2.24) is 15.6 Å². The van der Waals surface area contributed by atoms with Gasteiger partial charge in [0.2, 0.25) is 5.91 Å². The molecule has 0 aliphatic carbocycles. The fourth-order valence-electron chi connectivity index (χ4n) is 1.41. The number of nitrogens with zero attached hydrogens (tertiary/aromatic N) is 1. The van der Waals surface area contributed by atoms with Crippen molar-refractivity contribution in [2.24, 2.45) is 5.73 Å². The van der Waals surface area contributed by atoms with Crippen molar-refractivity contribution in [3.63, 3.8) is 0 Å². The van der Waals surface area contributed by atoms with E-state index in [1.54, 1.807) is 12.1 Å². The summed E-state index contributed by atoms with van der Waals surface area (Å²) in [6.07, 6.45) is 2.58. The third-order valence-electron chi connectivity index (χ3n) is 2.49. The molecule has 1 aromatic heterocycles. The summed E-state index contributed by atoms with van der Waals surface area (Å²) < 4.78 is 0. The lowest BCUT2D eigenvalue weighted by atomic mass is 10.2. The zero-order chi connectivity index (χ0) is 15.0. The van der Waals surface area contributed by atoms with Crippen LogP contribution < -0.4 is 16.4 Å². The Balaban J connectivity index is 2.39. The van der Waals surface area contributed by atoms with Crippen LogP contribution in [0.4, 0.5) is 0 Å². The van der Waals surface area contributed by atoms with E-state index in [4.69, 9.17) is 18.0 Å². The zero-order valence-electron chi connectivity index (χ0n) is 11.3. The number of carbonyl (C=O) groups is 2.